The van der Waals surface area contributed by atoms with E-state index < -0.39 is 30.0 Å². The fourth-order valence-electron chi connectivity index (χ4n) is 3.91. The van der Waals surface area contributed by atoms with Gasteiger partial charge < -0.3 is 20.1 Å². The quantitative estimate of drug-likeness (QED) is 0.292. The molecule has 4 rings (SSSR count). The fourth-order valence-corrected chi connectivity index (χ4v) is 3.91. The van der Waals surface area contributed by atoms with Crippen LogP contribution in [0, 0.1) is 0 Å². The van der Waals surface area contributed by atoms with Crippen LogP contribution in [0.3, 0.4) is 0 Å². The van der Waals surface area contributed by atoms with Crippen LogP contribution in [-0.2, 0) is 27.3 Å². The van der Waals surface area contributed by atoms with Gasteiger partial charge in [0.05, 0.1) is 12.0 Å². The summed E-state index contributed by atoms with van der Waals surface area (Å²) in [6, 6.07) is 20.6. The van der Waals surface area contributed by atoms with Crippen molar-refractivity contribution in [1.82, 2.24) is 15.5 Å². The van der Waals surface area contributed by atoms with Crippen LogP contribution in [0.25, 0.3) is 10.8 Å². The number of benzene rings is 3. The molecule has 0 spiro atoms. The largest absolute Gasteiger partial charge is 1.00 e. The van der Waals surface area contributed by atoms with E-state index in [1.807, 2.05) is 72.8 Å². The maximum Gasteiger partial charge on any atom is 1.00 e. The summed E-state index contributed by atoms with van der Waals surface area (Å²) in [7, 11) is 1.70. The molecule has 1 fully saturated rings. The molecule has 0 saturated carbocycles. The first-order chi connectivity index (χ1) is 15.4. The molecule has 1 aliphatic rings. The number of hydrogen-bond acceptors (Lipinski definition) is 5. The van der Waals surface area contributed by atoms with Gasteiger partial charge in [-0.2, -0.15) is 0 Å². The Bertz CT molecular complexity index is 1150. The van der Waals surface area contributed by atoms with Crippen LogP contribution in [-0.4, -0.2) is 47.9 Å². The molecule has 2 N–H and O–H groups in total. The van der Waals surface area contributed by atoms with Crippen LogP contribution in [0.2, 0.25) is 0 Å². The zero-order chi connectivity index (χ0) is 22.7. The maximum absolute atomic E-state index is 13.3. The number of amides is 2. The van der Waals surface area contributed by atoms with E-state index >= 15 is 0 Å². The van der Waals surface area contributed by atoms with Gasteiger partial charge >= 0.3 is 29.6 Å². The summed E-state index contributed by atoms with van der Waals surface area (Å²) < 4.78 is 0. The number of nitrogens with zero attached hydrogens (tertiary/aromatic N) is 1. The number of carboxylic acids is 1. The van der Waals surface area contributed by atoms with Gasteiger partial charge in [0.1, 0.15) is 12.1 Å². The number of carboxylic acid groups (broad SMARTS) is 1. The molecular weight excluding hydrogens is 429 g/mol. The smallest absolute Gasteiger partial charge is 0.548 e. The van der Waals surface area contributed by atoms with Crippen molar-refractivity contribution in [3.05, 3.63) is 83.9 Å². The molecule has 0 aromatic heterocycles. The summed E-state index contributed by atoms with van der Waals surface area (Å²) in [5, 5.41) is 18.4. The monoisotopic (exact) mass is 453 g/mol. The van der Waals surface area contributed by atoms with Gasteiger partial charge in [-0.3, -0.25) is 14.9 Å². The average molecular weight is 453 g/mol. The number of nitrogens with one attached hydrogen (secondary N) is 2. The maximum atomic E-state index is 13.3. The van der Waals surface area contributed by atoms with Gasteiger partial charge in [-0.15, -0.1) is 0 Å². The van der Waals surface area contributed by atoms with E-state index in [0.29, 0.717) is 13.0 Å². The van der Waals surface area contributed by atoms with E-state index in [1.54, 1.807) is 11.9 Å². The second-order valence-corrected chi connectivity index (χ2v) is 8.02. The molecule has 3 atom stereocenters. The minimum atomic E-state index is -1.33. The Kier molecular flexibility index (Phi) is 8.26. The number of hydrogen-bond donors (Lipinski definition) is 2. The molecule has 1 heterocycles. The third kappa shape index (κ3) is 6.00. The normalized spacial score (nSPS) is 17.5. The number of carbonyl (C=O) groups excluding carboxylic acids is 3. The Morgan fingerprint density at radius 3 is 2.33 bits per heavy atom. The van der Waals surface area contributed by atoms with Gasteiger partial charge in [0.2, 0.25) is 11.8 Å². The third-order valence-electron chi connectivity index (χ3n) is 5.68. The summed E-state index contributed by atoms with van der Waals surface area (Å²) in [4.78, 5) is 38.5. The van der Waals surface area contributed by atoms with Gasteiger partial charge in [-0.1, -0.05) is 72.8 Å². The van der Waals surface area contributed by atoms with E-state index in [1.165, 1.54) is 0 Å². The van der Waals surface area contributed by atoms with Crippen molar-refractivity contribution in [3.63, 3.8) is 0 Å². The second-order valence-electron chi connectivity index (χ2n) is 8.02. The van der Waals surface area contributed by atoms with E-state index in [9.17, 15) is 19.5 Å². The van der Waals surface area contributed by atoms with E-state index in [2.05, 4.69) is 10.6 Å². The molecule has 3 aromatic rings. The van der Waals surface area contributed by atoms with Gasteiger partial charge in [0.25, 0.3) is 0 Å². The molecule has 7 nitrogen and oxygen atoms in total. The standard InChI is InChI=1S/C25H25N3O4.Na/c1-28(15-18-12-7-11-17-10-5-6-13-19(17)18)24(30)20(14-16-8-3-2-4-9-16)26-23(29)21-22(27-21)25(31)32;/h2-13,20-22,27H,14-15H2,1H3,(H,26,29)(H,31,32);/q;+1/p-1/t20-,21-,22-;/m0./s1. The van der Waals surface area contributed by atoms with Crippen molar-refractivity contribution in [2.24, 2.45) is 0 Å². The topological polar surface area (TPSA) is 111 Å². The van der Waals surface area contributed by atoms with Gasteiger partial charge in [0.15, 0.2) is 0 Å². The zero-order valence-electron chi connectivity index (χ0n) is 18.7. The van der Waals surface area contributed by atoms with Crippen LogP contribution in [0.1, 0.15) is 11.1 Å². The van der Waals surface area contributed by atoms with Crippen LogP contribution >= 0.6 is 0 Å². The molecule has 164 valence electrons. The number of rotatable bonds is 8. The van der Waals surface area contributed by atoms with E-state index in [-0.39, 0.29) is 35.5 Å². The molecule has 33 heavy (non-hydrogen) atoms. The van der Waals surface area contributed by atoms with Crippen molar-refractivity contribution in [2.75, 3.05) is 7.05 Å². The van der Waals surface area contributed by atoms with Crippen LogP contribution in [0.4, 0.5) is 0 Å². The van der Waals surface area contributed by atoms with Gasteiger partial charge in [0, 0.05) is 20.0 Å². The Morgan fingerprint density at radius 1 is 0.970 bits per heavy atom. The molecule has 1 aliphatic heterocycles. The predicted octanol–water partition coefficient (Wildman–Crippen LogP) is -2.38. The molecule has 0 aliphatic carbocycles. The van der Waals surface area contributed by atoms with Crippen molar-refractivity contribution in [3.8, 4) is 0 Å². The van der Waals surface area contributed by atoms with Gasteiger partial charge in [-0.05, 0) is 21.9 Å². The molecule has 0 unspecified atom stereocenters. The summed E-state index contributed by atoms with van der Waals surface area (Å²) in [5.41, 5.74) is 1.90. The SMILES string of the molecule is CN(Cc1cccc2ccccc12)C(=O)[C@H](Cc1ccccc1)NC(=O)[C@H]1N[C@@H]1C(=O)[O-].[Na+]. The predicted molar refractivity (Wildman–Crippen MR) is 118 cm³/mol. The molecule has 3 aromatic carbocycles. The Balaban J connectivity index is 0.00000306. The molecular formula is C25H24N3NaO4. The van der Waals surface area contributed by atoms with Gasteiger partial charge in [-0.25, -0.2) is 0 Å². The Labute approximate surface area is 214 Å². The summed E-state index contributed by atoms with van der Waals surface area (Å²) in [5.74, 6) is -2.10. The first kappa shape index (κ1) is 24.9. The molecule has 0 bridgehead atoms. The summed E-state index contributed by atoms with van der Waals surface area (Å²) in [6.07, 6.45) is 0.300. The number of carbonyl (C=O) groups is 3. The molecule has 2 amide bonds. The Morgan fingerprint density at radius 2 is 1.64 bits per heavy atom. The molecule has 0 radical (unpaired) electrons. The van der Waals surface area contributed by atoms with Crippen molar-refractivity contribution >= 4 is 28.6 Å². The van der Waals surface area contributed by atoms with Crippen molar-refractivity contribution in [1.29, 1.82) is 0 Å². The van der Waals surface area contributed by atoms with E-state index in [0.717, 1.165) is 21.9 Å². The molecule has 1 saturated heterocycles. The second kappa shape index (κ2) is 10.9. The number of aliphatic carboxylic acids is 1. The van der Waals surface area contributed by atoms with Crippen LogP contribution < -0.4 is 45.3 Å². The number of likely N-dealkylation sites (N-methyl/N-ethyl adjacent to an activating group) is 1. The minimum absolute atomic E-state index is 0. The van der Waals surface area contributed by atoms with Crippen LogP contribution in [0.15, 0.2) is 72.8 Å². The van der Waals surface area contributed by atoms with Crippen LogP contribution in [0.5, 0.6) is 0 Å². The first-order valence-electron chi connectivity index (χ1n) is 10.5. The summed E-state index contributed by atoms with van der Waals surface area (Å²) >= 11 is 0. The molecule has 8 heteroatoms. The number of fused-ring (bicyclic) bond motifs is 1. The average Bonchev–Trinajstić information content (AvgIpc) is 3.61. The minimum Gasteiger partial charge on any atom is -0.548 e. The third-order valence-corrected chi connectivity index (χ3v) is 5.68. The fraction of sp³-hybridized carbons (Fsp3) is 0.240. The Hall–Kier alpha value is -2.71. The zero-order valence-corrected chi connectivity index (χ0v) is 20.7. The van der Waals surface area contributed by atoms with Crippen molar-refractivity contribution in [2.45, 2.75) is 31.1 Å². The van der Waals surface area contributed by atoms with E-state index in [4.69, 9.17) is 0 Å². The first-order valence-corrected chi connectivity index (χ1v) is 10.5. The summed E-state index contributed by atoms with van der Waals surface area (Å²) in [6.45, 7) is 0.380. The van der Waals surface area contributed by atoms with Crippen molar-refractivity contribution < 1.29 is 49.0 Å².